The summed E-state index contributed by atoms with van der Waals surface area (Å²) < 4.78 is 15.0. The molecule has 4 heterocycles. The van der Waals surface area contributed by atoms with Crippen molar-refractivity contribution in [1.29, 1.82) is 0 Å². The zero-order valence-electron chi connectivity index (χ0n) is 34.0. The van der Waals surface area contributed by atoms with Gasteiger partial charge in [-0.15, -0.1) is 0 Å². The number of nitrogens with one attached hydrogen (secondary N) is 4. The highest BCUT2D eigenvalue weighted by Crippen LogP contribution is 2.36. The topological polar surface area (TPSA) is 184 Å². The average molecular weight is 805 g/mol. The second kappa shape index (κ2) is 18.6. The maximum atomic E-state index is 13.8. The predicted molar refractivity (Wildman–Crippen MR) is 218 cm³/mol. The molecular weight excluding hydrogens is 753 g/mol. The molecule has 15 heteroatoms. The minimum Gasteiger partial charge on any atom is -0.453 e. The molecule has 2 aliphatic heterocycles. The quantitative estimate of drug-likeness (QED) is 0.135. The number of H-pyrrole nitrogens is 2. The third-order valence-corrected chi connectivity index (χ3v) is 11.8. The van der Waals surface area contributed by atoms with Crippen LogP contribution in [0.15, 0.2) is 60.9 Å². The summed E-state index contributed by atoms with van der Waals surface area (Å²) in [5.74, 6) is 7.70. The maximum Gasteiger partial charge on any atom is 0.407 e. The van der Waals surface area contributed by atoms with Gasteiger partial charge in [0.1, 0.15) is 23.7 Å². The number of benzene rings is 2. The van der Waals surface area contributed by atoms with Crippen LogP contribution in [0.5, 0.6) is 0 Å². The Kier molecular flexibility index (Phi) is 13.0. The van der Waals surface area contributed by atoms with E-state index in [2.05, 4.69) is 37.4 Å². The summed E-state index contributed by atoms with van der Waals surface area (Å²) in [6, 6.07) is 13.9. The number of carbonyl (C=O) groups is 4. The highest BCUT2D eigenvalue weighted by Gasteiger charge is 2.41. The van der Waals surface area contributed by atoms with Gasteiger partial charge in [0, 0.05) is 31.3 Å². The molecule has 0 bridgehead atoms. The first kappa shape index (κ1) is 41.0. The molecular formula is C44H52N8O7. The Morgan fingerprint density at radius 1 is 0.678 bits per heavy atom. The number of methoxy groups -OCH3 is 3. The lowest BCUT2D eigenvalue weighted by Crippen LogP contribution is -2.54. The lowest BCUT2D eigenvalue weighted by Gasteiger charge is -2.31. The molecule has 310 valence electrons. The Balaban J connectivity index is 0.972. The molecule has 2 aromatic heterocycles. The van der Waals surface area contributed by atoms with Crippen LogP contribution in [0.4, 0.5) is 9.59 Å². The van der Waals surface area contributed by atoms with Gasteiger partial charge in [0.2, 0.25) is 11.8 Å². The number of hydrogen-bond donors (Lipinski definition) is 4. The van der Waals surface area contributed by atoms with Crippen LogP contribution in [0, 0.1) is 17.8 Å². The highest BCUT2D eigenvalue weighted by atomic mass is 16.5. The molecule has 4 amide bonds. The first-order valence-corrected chi connectivity index (χ1v) is 20.3. The highest BCUT2D eigenvalue weighted by molar-refractivity contribution is 5.87. The number of hydrogen-bond acceptors (Lipinski definition) is 9. The Bertz CT molecular complexity index is 2170. The van der Waals surface area contributed by atoms with Crippen LogP contribution >= 0.6 is 0 Å². The molecule has 0 radical (unpaired) electrons. The number of imidazole rings is 2. The van der Waals surface area contributed by atoms with Crippen LogP contribution in [-0.4, -0.2) is 106 Å². The van der Waals surface area contributed by atoms with Gasteiger partial charge in [-0.05, 0) is 86.8 Å². The van der Waals surface area contributed by atoms with Gasteiger partial charge in [0.15, 0.2) is 0 Å². The lowest BCUT2D eigenvalue weighted by molar-refractivity contribution is -0.137. The monoisotopic (exact) mass is 804 g/mol. The van der Waals surface area contributed by atoms with E-state index in [1.807, 2.05) is 53.4 Å². The van der Waals surface area contributed by atoms with Crippen molar-refractivity contribution >= 4 is 24.0 Å². The van der Waals surface area contributed by atoms with Gasteiger partial charge in [0.25, 0.3) is 0 Å². The van der Waals surface area contributed by atoms with Crippen LogP contribution in [0.25, 0.3) is 22.5 Å². The van der Waals surface area contributed by atoms with Crippen molar-refractivity contribution in [2.45, 2.75) is 88.6 Å². The molecule has 1 saturated carbocycles. The first-order valence-electron chi connectivity index (χ1n) is 20.3. The second-order valence-electron chi connectivity index (χ2n) is 15.4. The Labute approximate surface area is 344 Å². The van der Waals surface area contributed by atoms with E-state index in [1.54, 1.807) is 24.2 Å². The fourth-order valence-corrected chi connectivity index (χ4v) is 8.46. The molecule has 0 spiro atoms. The van der Waals surface area contributed by atoms with Gasteiger partial charge >= 0.3 is 12.2 Å². The molecule has 0 unspecified atom stereocenters. The predicted octanol–water partition coefficient (Wildman–Crippen LogP) is 5.87. The van der Waals surface area contributed by atoms with Crippen LogP contribution < -0.4 is 10.6 Å². The minimum absolute atomic E-state index is 0.0727. The molecule has 4 N–H and O–H groups in total. The van der Waals surface area contributed by atoms with Crippen LogP contribution in [0.3, 0.4) is 0 Å². The fourth-order valence-electron chi connectivity index (χ4n) is 8.46. The summed E-state index contributed by atoms with van der Waals surface area (Å²) in [7, 11) is 4.07. The average Bonchev–Trinajstić information content (AvgIpc) is 4.13. The SMILES string of the molecule is COC(=O)N[C@H](C(=O)N1CCC[C@H]1c1ncc(-c2ccc(C#Cc3ccc(-c4cnc([C@@H]5CCCN5C(=O)[C@@H](NC(=O)OC)[C@@H](C)OC)[nH]4)cc3)cc2)[nH]1)C1CCCC1. The number of aromatic amines is 2. The number of ether oxygens (including phenoxy) is 3. The molecule has 1 aliphatic carbocycles. The molecule has 5 atom stereocenters. The van der Waals surface area contributed by atoms with Gasteiger partial charge in [-0.3, -0.25) is 9.59 Å². The van der Waals surface area contributed by atoms with E-state index in [0.29, 0.717) is 18.9 Å². The van der Waals surface area contributed by atoms with Crippen molar-refractivity contribution in [3.05, 3.63) is 83.7 Å². The molecule has 2 saturated heterocycles. The molecule has 3 fully saturated rings. The Morgan fingerprint density at radius 2 is 1.15 bits per heavy atom. The first-order chi connectivity index (χ1) is 28.7. The van der Waals surface area contributed by atoms with E-state index in [1.165, 1.54) is 21.3 Å². The van der Waals surface area contributed by atoms with E-state index in [0.717, 1.165) is 90.8 Å². The van der Waals surface area contributed by atoms with Crippen molar-refractivity contribution in [3.63, 3.8) is 0 Å². The van der Waals surface area contributed by atoms with Crippen molar-refractivity contribution in [1.82, 2.24) is 40.4 Å². The van der Waals surface area contributed by atoms with E-state index >= 15 is 0 Å². The van der Waals surface area contributed by atoms with Gasteiger partial charge in [-0.2, -0.15) is 0 Å². The zero-order valence-corrected chi connectivity index (χ0v) is 34.0. The minimum atomic E-state index is -0.897. The van der Waals surface area contributed by atoms with Crippen molar-refractivity contribution in [2.75, 3.05) is 34.4 Å². The number of amides is 4. The van der Waals surface area contributed by atoms with Gasteiger partial charge < -0.3 is 44.6 Å². The number of aromatic nitrogens is 4. The smallest absolute Gasteiger partial charge is 0.407 e. The van der Waals surface area contributed by atoms with Crippen molar-refractivity contribution in [2.24, 2.45) is 5.92 Å². The largest absolute Gasteiger partial charge is 0.453 e. The van der Waals surface area contributed by atoms with E-state index < -0.39 is 30.4 Å². The third-order valence-electron chi connectivity index (χ3n) is 11.8. The summed E-state index contributed by atoms with van der Waals surface area (Å²) in [6.45, 7) is 2.89. The Hall–Kier alpha value is -6.14. The summed E-state index contributed by atoms with van der Waals surface area (Å²) >= 11 is 0. The van der Waals surface area contributed by atoms with Crippen molar-refractivity contribution in [3.8, 4) is 34.4 Å². The maximum absolute atomic E-state index is 13.8. The number of carbonyl (C=O) groups excluding carboxylic acids is 4. The van der Waals surface area contributed by atoms with Crippen LogP contribution in [0.2, 0.25) is 0 Å². The number of nitrogens with zero attached hydrogens (tertiary/aromatic N) is 4. The summed E-state index contributed by atoms with van der Waals surface area (Å²) in [4.78, 5) is 71.4. The van der Waals surface area contributed by atoms with Crippen LogP contribution in [-0.2, 0) is 23.8 Å². The Morgan fingerprint density at radius 3 is 1.63 bits per heavy atom. The molecule has 7 rings (SSSR count). The molecule has 4 aromatic rings. The number of alkyl carbamates (subject to hydrolysis) is 2. The number of likely N-dealkylation sites (tertiary alicyclic amines) is 2. The van der Waals surface area contributed by atoms with E-state index in [9.17, 15) is 19.2 Å². The summed E-state index contributed by atoms with van der Waals surface area (Å²) in [6.07, 6.45) is 8.87. The molecule has 2 aromatic carbocycles. The van der Waals surface area contributed by atoms with Gasteiger partial charge in [0.05, 0.1) is 56.2 Å². The fraction of sp³-hybridized carbons (Fsp3) is 0.455. The second-order valence-corrected chi connectivity index (χ2v) is 15.4. The molecule has 59 heavy (non-hydrogen) atoms. The normalized spacial score (nSPS) is 19.4. The lowest BCUT2D eigenvalue weighted by atomic mass is 9.96. The summed E-state index contributed by atoms with van der Waals surface area (Å²) in [5, 5.41) is 5.44. The van der Waals surface area contributed by atoms with Gasteiger partial charge in [-0.25, -0.2) is 19.6 Å². The molecule has 15 nitrogen and oxygen atoms in total. The molecule has 3 aliphatic rings. The van der Waals surface area contributed by atoms with Crippen molar-refractivity contribution < 1.29 is 33.4 Å². The van der Waals surface area contributed by atoms with E-state index in [4.69, 9.17) is 19.2 Å². The zero-order chi connectivity index (χ0) is 41.5. The standard InChI is InChI=1S/C44H52N8O7/c1-27(57-2)37(49-43(55)58-3)41(53)51-23-7-11-35(51)39-45-25-33(47-39)30-19-15-28(16-20-30)13-14-29-17-21-31(22-18-29)34-26-46-40(48-34)36-12-8-24-52(36)42(54)38(50-44(56)59-4)32-9-5-6-10-32/h15-22,25-27,32,35-38H,5-12,23-24H2,1-4H3,(H,45,47)(H,46,48)(H,49,55)(H,50,56)/t27-,35+,36+,37+,38+/m1/s1. The third kappa shape index (κ3) is 9.28. The van der Waals surface area contributed by atoms with Crippen LogP contribution in [0.1, 0.15) is 93.1 Å². The summed E-state index contributed by atoms with van der Waals surface area (Å²) in [5.41, 5.74) is 5.28. The van der Waals surface area contributed by atoms with E-state index in [-0.39, 0.29) is 29.8 Å². The number of rotatable bonds is 11. The van der Waals surface area contributed by atoms with Gasteiger partial charge in [-0.1, -0.05) is 48.9 Å².